The molecule has 2 heterocycles. The molecule has 0 saturated carbocycles. The second kappa shape index (κ2) is 5.37. The molecule has 17 heavy (non-hydrogen) atoms. The summed E-state index contributed by atoms with van der Waals surface area (Å²) < 4.78 is 0. The van der Waals surface area contributed by atoms with E-state index in [0.29, 0.717) is 11.5 Å². The van der Waals surface area contributed by atoms with Crippen molar-refractivity contribution < 1.29 is 0 Å². The van der Waals surface area contributed by atoms with Gasteiger partial charge in [-0.3, -0.25) is 4.90 Å². The first-order chi connectivity index (χ1) is 8.15. The average Bonchev–Trinajstić information content (AvgIpc) is 2.29. The van der Waals surface area contributed by atoms with Crippen LogP contribution in [0.5, 0.6) is 0 Å². The zero-order chi connectivity index (χ0) is 12.3. The van der Waals surface area contributed by atoms with Crippen molar-refractivity contribution in [2.24, 2.45) is 5.73 Å². The summed E-state index contributed by atoms with van der Waals surface area (Å²) in [6.07, 6.45) is 1.62. The van der Waals surface area contributed by atoms with Crippen LogP contribution in [0.4, 0.5) is 5.82 Å². The lowest BCUT2D eigenvalue weighted by molar-refractivity contribution is 0.291. The minimum absolute atomic E-state index is 0.566. The minimum atomic E-state index is 0.566. The number of piperazine rings is 1. The summed E-state index contributed by atoms with van der Waals surface area (Å²) in [4.78, 5) is 13.5. The molecule has 1 saturated heterocycles. The first-order valence-electron chi connectivity index (χ1n) is 5.69. The van der Waals surface area contributed by atoms with Crippen molar-refractivity contribution in [2.75, 3.05) is 37.6 Å². The molecule has 0 spiro atoms. The smallest absolute Gasteiger partial charge is 0.132 e. The van der Waals surface area contributed by atoms with E-state index in [0.717, 1.165) is 37.7 Å². The van der Waals surface area contributed by atoms with Crippen LogP contribution in [-0.2, 0) is 0 Å². The van der Waals surface area contributed by atoms with Gasteiger partial charge < -0.3 is 10.6 Å². The molecule has 1 aromatic rings. The SMILES string of the molecule is Cc1cc(N2CCN(CC(N)=S)CC2)ncn1. The molecule has 1 aliphatic heterocycles. The molecule has 0 atom stereocenters. The Morgan fingerprint density at radius 3 is 2.65 bits per heavy atom. The van der Waals surface area contributed by atoms with Crippen LogP contribution in [0.2, 0.25) is 0 Å². The number of hydrogen-bond donors (Lipinski definition) is 1. The molecule has 0 unspecified atom stereocenters. The molecule has 0 amide bonds. The lowest BCUT2D eigenvalue weighted by Crippen LogP contribution is -2.48. The minimum Gasteiger partial charge on any atom is -0.392 e. The van der Waals surface area contributed by atoms with Crippen molar-refractivity contribution in [2.45, 2.75) is 6.92 Å². The number of rotatable bonds is 3. The molecule has 0 radical (unpaired) electrons. The van der Waals surface area contributed by atoms with Crippen LogP contribution in [0.3, 0.4) is 0 Å². The Hall–Kier alpha value is -1.27. The maximum absolute atomic E-state index is 5.54. The second-order valence-corrected chi connectivity index (χ2v) is 4.77. The summed E-state index contributed by atoms with van der Waals surface area (Å²) in [5.74, 6) is 1.01. The summed E-state index contributed by atoms with van der Waals surface area (Å²) in [6.45, 7) is 6.55. The highest BCUT2D eigenvalue weighted by Crippen LogP contribution is 2.13. The van der Waals surface area contributed by atoms with Gasteiger partial charge in [0.1, 0.15) is 12.1 Å². The fourth-order valence-corrected chi connectivity index (χ4v) is 2.15. The van der Waals surface area contributed by atoms with Crippen molar-refractivity contribution in [3.8, 4) is 0 Å². The number of nitrogens with zero attached hydrogens (tertiary/aromatic N) is 4. The van der Waals surface area contributed by atoms with E-state index in [1.807, 2.05) is 13.0 Å². The van der Waals surface area contributed by atoms with Gasteiger partial charge in [-0.1, -0.05) is 12.2 Å². The van der Waals surface area contributed by atoms with E-state index >= 15 is 0 Å². The van der Waals surface area contributed by atoms with Crippen molar-refractivity contribution in [3.63, 3.8) is 0 Å². The molecule has 1 aromatic heterocycles. The van der Waals surface area contributed by atoms with Gasteiger partial charge in [-0.25, -0.2) is 9.97 Å². The van der Waals surface area contributed by atoms with Crippen LogP contribution in [0.15, 0.2) is 12.4 Å². The molecule has 5 nitrogen and oxygen atoms in total. The third-order valence-corrected chi connectivity index (χ3v) is 2.99. The van der Waals surface area contributed by atoms with Gasteiger partial charge in [-0.05, 0) is 6.92 Å². The Balaban J connectivity index is 1.93. The van der Waals surface area contributed by atoms with E-state index in [-0.39, 0.29) is 0 Å². The van der Waals surface area contributed by atoms with E-state index in [9.17, 15) is 0 Å². The van der Waals surface area contributed by atoms with Crippen LogP contribution in [-0.4, -0.2) is 52.6 Å². The predicted molar refractivity (Wildman–Crippen MR) is 72.2 cm³/mol. The molecule has 6 heteroatoms. The van der Waals surface area contributed by atoms with E-state index in [1.165, 1.54) is 0 Å². The molecule has 0 aromatic carbocycles. The molecule has 0 aliphatic carbocycles. The molecule has 1 aliphatic rings. The van der Waals surface area contributed by atoms with Crippen LogP contribution in [0.1, 0.15) is 5.69 Å². The largest absolute Gasteiger partial charge is 0.392 e. The Bertz CT molecular complexity index is 401. The standard InChI is InChI=1S/C11H17N5S/c1-9-6-11(14-8-13-9)16-4-2-15(3-5-16)7-10(12)17/h6,8H,2-5,7H2,1H3,(H2,12,17). The first kappa shape index (κ1) is 12.2. The monoisotopic (exact) mass is 251 g/mol. The van der Waals surface area contributed by atoms with Gasteiger partial charge in [-0.15, -0.1) is 0 Å². The molecular weight excluding hydrogens is 234 g/mol. The first-order valence-corrected chi connectivity index (χ1v) is 6.10. The van der Waals surface area contributed by atoms with Crippen LogP contribution in [0, 0.1) is 6.92 Å². The molecule has 2 N–H and O–H groups in total. The molecular formula is C11H17N5S. The second-order valence-electron chi connectivity index (χ2n) is 4.25. The normalized spacial score (nSPS) is 17.1. The molecule has 92 valence electrons. The number of aromatic nitrogens is 2. The van der Waals surface area contributed by atoms with Gasteiger partial charge in [-0.2, -0.15) is 0 Å². The highest BCUT2D eigenvalue weighted by Gasteiger charge is 2.18. The van der Waals surface area contributed by atoms with Crippen LogP contribution >= 0.6 is 12.2 Å². The number of hydrogen-bond acceptors (Lipinski definition) is 5. The van der Waals surface area contributed by atoms with Gasteiger partial charge in [0.05, 0.1) is 4.99 Å². The Morgan fingerprint density at radius 1 is 1.35 bits per heavy atom. The predicted octanol–water partition coefficient (Wildman–Crippen LogP) is 0.193. The van der Waals surface area contributed by atoms with Gasteiger partial charge in [0.25, 0.3) is 0 Å². The zero-order valence-electron chi connectivity index (χ0n) is 9.96. The zero-order valence-corrected chi connectivity index (χ0v) is 10.8. The van der Waals surface area contributed by atoms with E-state index in [2.05, 4.69) is 19.8 Å². The number of aryl methyl sites for hydroxylation is 1. The molecule has 0 bridgehead atoms. The van der Waals surface area contributed by atoms with Gasteiger partial charge in [0.2, 0.25) is 0 Å². The molecule has 1 fully saturated rings. The average molecular weight is 251 g/mol. The fraction of sp³-hybridized carbons (Fsp3) is 0.545. The summed E-state index contributed by atoms with van der Waals surface area (Å²) >= 11 is 4.92. The van der Waals surface area contributed by atoms with Crippen molar-refractivity contribution >= 4 is 23.0 Å². The lowest BCUT2D eigenvalue weighted by atomic mass is 10.3. The summed E-state index contributed by atoms with van der Waals surface area (Å²) in [5, 5.41) is 0. The number of thiocarbonyl (C=S) groups is 1. The Labute approximate surface area is 107 Å². The summed E-state index contributed by atoms with van der Waals surface area (Å²) in [6, 6.07) is 2.02. The number of anilines is 1. The topological polar surface area (TPSA) is 58.3 Å². The van der Waals surface area contributed by atoms with Crippen molar-refractivity contribution in [1.82, 2.24) is 14.9 Å². The fourth-order valence-electron chi connectivity index (χ4n) is 1.97. The van der Waals surface area contributed by atoms with Gasteiger partial charge in [0.15, 0.2) is 0 Å². The number of nitrogens with two attached hydrogens (primary N) is 1. The van der Waals surface area contributed by atoms with Crippen molar-refractivity contribution in [3.05, 3.63) is 18.1 Å². The Kier molecular flexibility index (Phi) is 3.86. The van der Waals surface area contributed by atoms with E-state index in [1.54, 1.807) is 6.33 Å². The quantitative estimate of drug-likeness (QED) is 0.774. The third kappa shape index (κ3) is 3.34. The van der Waals surface area contributed by atoms with Crippen LogP contribution in [0.25, 0.3) is 0 Å². The maximum atomic E-state index is 5.54. The lowest BCUT2D eigenvalue weighted by Gasteiger charge is -2.35. The van der Waals surface area contributed by atoms with Gasteiger partial charge in [0, 0.05) is 44.5 Å². The highest BCUT2D eigenvalue weighted by atomic mass is 32.1. The van der Waals surface area contributed by atoms with Crippen molar-refractivity contribution in [1.29, 1.82) is 0 Å². The van der Waals surface area contributed by atoms with E-state index < -0.39 is 0 Å². The molecule has 2 rings (SSSR count). The maximum Gasteiger partial charge on any atom is 0.132 e. The summed E-state index contributed by atoms with van der Waals surface area (Å²) in [7, 11) is 0. The highest BCUT2D eigenvalue weighted by molar-refractivity contribution is 7.80. The van der Waals surface area contributed by atoms with Crippen LogP contribution < -0.4 is 10.6 Å². The summed E-state index contributed by atoms with van der Waals surface area (Å²) in [5.41, 5.74) is 6.54. The Morgan fingerprint density at radius 2 is 2.06 bits per heavy atom. The third-order valence-electron chi connectivity index (χ3n) is 2.87. The van der Waals surface area contributed by atoms with Gasteiger partial charge >= 0.3 is 0 Å². The van der Waals surface area contributed by atoms with E-state index in [4.69, 9.17) is 18.0 Å².